The van der Waals surface area contributed by atoms with Gasteiger partial charge in [0.2, 0.25) is 0 Å². The van der Waals surface area contributed by atoms with Crippen LogP contribution in [0.15, 0.2) is 24.3 Å². The lowest BCUT2D eigenvalue weighted by atomic mass is 9.96. The molecule has 2 heterocycles. The SMILES string of the molecule is Cc1nc2ccccc2nc1N1CC(C)CC(N)C1. The van der Waals surface area contributed by atoms with Crippen LogP contribution in [-0.4, -0.2) is 29.1 Å². The number of para-hydroxylation sites is 2. The van der Waals surface area contributed by atoms with Gasteiger partial charge in [-0.15, -0.1) is 0 Å². The molecule has 1 aliphatic rings. The number of piperidine rings is 1. The summed E-state index contributed by atoms with van der Waals surface area (Å²) in [4.78, 5) is 11.7. The van der Waals surface area contributed by atoms with E-state index >= 15 is 0 Å². The van der Waals surface area contributed by atoms with Gasteiger partial charge in [-0.1, -0.05) is 19.1 Å². The maximum Gasteiger partial charge on any atom is 0.150 e. The number of fused-ring (bicyclic) bond motifs is 1. The lowest BCUT2D eigenvalue weighted by molar-refractivity contribution is 0.399. The van der Waals surface area contributed by atoms with Crippen LogP contribution in [0, 0.1) is 12.8 Å². The number of nitrogens with two attached hydrogens (primary N) is 1. The van der Waals surface area contributed by atoms with E-state index in [9.17, 15) is 0 Å². The summed E-state index contributed by atoms with van der Waals surface area (Å²) < 4.78 is 0. The quantitative estimate of drug-likeness (QED) is 0.849. The summed E-state index contributed by atoms with van der Waals surface area (Å²) >= 11 is 0. The summed E-state index contributed by atoms with van der Waals surface area (Å²) in [6.45, 7) is 6.16. The Morgan fingerprint density at radius 2 is 1.84 bits per heavy atom. The zero-order chi connectivity index (χ0) is 13.4. The van der Waals surface area contributed by atoms with Gasteiger partial charge in [-0.2, -0.15) is 0 Å². The molecule has 1 saturated heterocycles. The minimum Gasteiger partial charge on any atom is -0.353 e. The second-order valence-corrected chi connectivity index (χ2v) is 5.63. The Kier molecular flexibility index (Phi) is 3.11. The Morgan fingerprint density at radius 3 is 2.53 bits per heavy atom. The van der Waals surface area contributed by atoms with Gasteiger partial charge in [0.15, 0.2) is 5.82 Å². The lowest BCUT2D eigenvalue weighted by Crippen LogP contribution is -2.47. The molecule has 100 valence electrons. The Morgan fingerprint density at radius 1 is 1.16 bits per heavy atom. The Balaban J connectivity index is 2.01. The van der Waals surface area contributed by atoms with Gasteiger partial charge in [-0.05, 0) is 31.4 Å². The van der Waals surface area contributed by atoms with Crippen LogP contribution in [0.5, 0.6) is 0 Å². The molecule has 0 spiro atoms. The van der Waals surface area contributed by atoms with E-state index in [1.165, 1.54) is 0 Å². The van der Waals surface area contributed by atoms with Gasteiger partial charge in [0, 0.05) is 19.1 Å². The topological polar surface area (TPSA) is 55.0 Å². The van der Waals surface area contributed by atoms with Crippen LogP contribution in [0.2, 0.25) is 0 Å². The number of aromatic nitrogens is 2. The Hall–Kier alpha value is -1.68. The van der Waals surface area contributed by atoms with Crippen LogP contribution in [0.25, 0.3) is 11.0 Å². The number of aryl methyl sites for hydroxylation is 1. The predicted octanol–water partition coefficient (Wildman–Crippen LogP) is 2.11. The third-order valence-corrected chi connectivity index (χ3v) is 3.71. The van der Waals surface area contributed by atoms with Gasteiger partial charge in [-0.3, -0.25) is 0 Å². The first-order valence-corrected chi connectivity index (χ1v) is 6.87. The zero-order valence-electron chi connectivity index (χ0n) is 11.5. The highest BCUT2D eigenvalue weighted by Crippen LogP contribution is 2.24. The van der Waals surface area contributed by atoms with Crippen LogP contribution in [-0.2, 0) is 0 Å². The van der Waals surface area contributed by atoms with Crippen LogP contribution < -0.4 is 10.6 Å². The molecule has 1 fully saturated rings. The molecule has 2 atom stereocenters. The first-order valence-electron chi connectivity index (χ1n) is 6.87. The van der Waals surface area contributed by atoms with Gasteiger partial charge in [0.05, 0.1) is 16.7 Å². The van der Waals surface area contributed by atoms with Crippen LogP contribution >= 0.6 is 0 Å². The van der Waals surface area contributed by atoms with E-state index in [1.807, 2.05) is 31.2 Å². The van der Waals surface area contributed by atoms with E-state index in [4.69, 9.17) is 10.7 Å². The smallest absolute Gasteiger partial charge is 0.150 e. The van der Waals surface area contributed by atoms with Gasteiger partial charge >= 0.3 is 0 Å². The normalized spacial score (nSPS) is 23.8. The molecule has 1 aliphatic heterocycles. The highest BCUT2D eigenvalue weighted by atomic mass is 15.2. The van der Waals surface area contributed by atoms with Crippen molar-refractivity contribution in [2.75, 3.05) is 18.0 Å². The maximum absolute atomic E-state index is 6.13. The predicted molar refractivity (Wildman–Crippen MR) is 78.2 cm³/mol. The van der Waals surface area contributed by atoms with Crippen molar-refractivity contribution in [1.82, 2.24) is 9.97 Å². The zero-order valence-corrected chi connectivity index (χ0v) is 11.5. The summed E-state index contributed by atoms with van der Waals surface area (Å²) in [5, 5.41) is 0. The fourth-order valence-corrected chi connectivity index (χ4v) is 2.95. The fraction of sp³-hybridized carbons (Fsp3) is 0.467. The van der Waals surface area contributed by atoms with E-state index in [0.717, 1.165) is 42.1 Å². The molecule has 2 N–H and O–H groups in total. The van der Waals surface area contributed by atoms with Gasteiger partial charge in [0.25, 0.3) is 0 Å². The molecule has 0 bridgehead atoms. The summed E-state index contributed by atoms with van der Waals surface area (Å²) in [5.74, 6) is 1.59. The molecular weight excluding hydrogens is 236 g/mol. The van der Waals surface area contributed by atoms with Crippen molar-refractivity contribution in [1.29, 1.82) is 0 Å². The minimum absolute atomic E-state index is 0.233. The van der Waals surface area contributed by atoms with Crippen LogP contribution in [0.4, 0.5) is 5.82 Å². The average molecular weight is 256 g/mol. The van der Waals surface area contributed by atoms with Crippen molar-refractivity contribution in [3.05, 3.63) is 30.0 Å². The second-order valence-electron chi connectivity index (χ2n) is 5.63. The Bertz CT molecular complexity index is 586. The molecule has 4 heteroatoms. The van der Waals surface area contributed by atoms with E-state index < -0.39 is 0 Å². The molecule has 0 saturated carbocycles. The first kappa shape index (κ1) is 12.4. The summed E-state index contributed by atoms with van der Waals surface area (Å²) in [5.41, 5.74) is 9.02. The molecule has 4 nitrogen and oxygen atoms in total. The minimum atomic E-state index is 0.233. The van der Waals surface area contributed by atoms with E-state index in [-0.39, 0.29) is 6.04 Å². The molecule has 0 amide bonds. The maximum atomic E-state index is 6.13. The molecule has 0 aliphatic carbocycles. The van der Waals surface area contributed by atoms with Gasteiger partial charge in [-0.25, -0.2) is 9.97 Å². The molecule has 2 unspecified atom stereocenters. The Labute approximate surface area is 113 Å². The lowest BCUT2D eigenvalue weighted by Gasteiger charge is -2.36. The number of hydrogen-bond acceptors (Lipinski definition) is 4. The standard InChI is InChI=1S/C15H20N4/c1-10-7-12(16)9-19(8-10)15-11(2)17-13-5-3-4-6-14(13)18-15/h3-6,10,12H,7-9,16H2,1-2H3. The second kappa shape index (κ2) is 4.78. The number of hydrogen-bond donors (Lipinski definition) is 1. The number of rotatable bonds is 1. The summed E-state index contributed by atoms with van der Waals surface area (Å²) in [6.07, 6.45) is 1.09. The molecule has 1 aromatic carbocycles. The highest BCUT2D eigenvalue weighted by Gasteiger charge is 2.24. The van der Waals surface area contributed by atoms with Crippen LogP contribution in [0.1, 0.15) is 19.0 Å². The fourth-order valence-electron chi connectivity index (χ4n) is 2.95. The van der Waals surface area contributed by atoms with Crippen molar-refractivity contribution in [2.24, 2.45) is 11.7 Å². The first-order chi connectivity index (χ1) is 9.13. The van der Waals surface area contributed by atoms with Crippen molar-refractivity contribution in [3.8, 4) is 0 Å². The summed E-state index contributed by atoms with van der Waals surface area (Å²) in [7, 11) is 0. The van der Waals surface area contributed by atoms with E-state index in [2.05, 4.69) is 16.8 Å². The molecular formula is C15H20N4. The number of nitrogens with zero attached hydrogens (tertiary/aromatic N) is 3. The average Bonchev–Trinajstić information content (AvgIpc) is 2.36. The molecule has 2 aromatic rings. The summed E-state index contributed by atoms with van der Waals surface area (Å²) in [6, 6.07) is 8.24. The highest BCUT2D eigenvalue weighted by molar-refractivity contribution is 5.76. The molecule has 3 rings (SSSR count). The van der Waals surface area contributed by atoms with Crippen molar-refractivity contribution in [2.45, 2.75) is 26.3 Å². The van der Waals surface area contributed by atoms with Gasteiger partial charge < -0.3 is 10.6 Å². The van der Waals surface area contributed by atoms with Crippen molar-refractivity contribution < 1.29 is 0 Å². The number of benzene rings is 1. The third kappa shape index (κ3) is 2.40. The van der Waals surface area contributed by atoms with E-state index in [0.29, 0.717) is 5.92 Å². The molecule has 0 radical (unpaired) electrons. The number of anilines is 1. The van der Waals surface area contributed by atoms with Crippen molar-refractivity contribution in [3.63, 3.8) is 0 Å². The van der Waals surface area contributed by atoms with Gasteiger partial charge in [0.1, 0.15) is 0 Å². The molecule has 19 heavy (non-hydrogen) atoms. The largest absolute Gasteiger partial charge is 0.353 e. The van der Waals surface area contributed by atoms with Crippen molar-refractivity contribution >= 4 is 16.9 Å². The van der Waals surface area contributed by atoms with Crippen LogP contribution in [0.3, 0.4) is 0 Å². The third-order valence-electron chi connectivity index (χ3n) is 3.71. The molecule has 1 aromatic heterocycles. The van der Waals surface area contributed by atoms with E-state index in [1.54, 1.807) is 0 Å². The monoisotopic (exact) mass is 256 g/mol.